The molecule has 1 amide bonds. The summed E-state index contributed by atoms with van der Waals surface area (Å²) in [7, 11) is 1.88. The van der Waals surface area contributed by atoms with Gasteiger partial charge in [-0.2, -0.15) is 0 Å². The van der Waals surface area contributed by atoms with E-state index >= 15 is 0 Å². The fourth-order valence-electron chi connectivity index (χ4n) is 3.47. The number of nitrogens with two attached hydrogens (primary N) is 1. The average molecular weight is 292 g/mol. The Kier molecular flexibility index (Phi) is 4.47. The van der Waals surface area contributed by atoms with Crippen LogP contribution in [-0.2, 0) is 11.3 Å². The van der Waals surface area contributed by atoms with E-state index in [0.29, 0.717) is 12.5 Å². The Balaban J connectivity index is 2.10. The van der Waals surface area contributed by atoms with Gasteiger partial charge in [-0.25, -0.2) is 0 Å². The minimum Gasteiger partial charge on any atom is -0.469 e. The normalized spacial score (nSPS) is 28.4. The molecule has 0 radical (unpaired) electrons. The Labute approximate surface area is 127 Å². The maximum Gasteiger partial charge on any atom is 0.226 e. The first-order chi connectivity index (χ1) is 9.75. The molecule has 2 rings (SSSR count). The molecule has 3 atom stereocenters. The van der Waals surface area contributed by atoms with E-state index in [1.54, 1.807) is 6.26 Å². The van der Waals surface area contributed by atoms with E-state index in [9.17, 15) is 4.79 Å². The van der Waals surface area contributed by atoms with E-state index in [-0.39, 0.29) is 23.3 Å². The number of hydrogen-bond acceptors (Lipinski definition) is 3. The number of furan rings is 1. The topological polar surface area (TPSA) is 59.5 Å². The van der Waals surface area contributed by atoms with E-state index in [2.05, 4.69) is 20.8 Å². The first-order valence-corrected chi connectivity index (χ1v) is 7.78. The number of rotatable bonds is 3. The predicted octanol–water partition coefficient (Wildman–Crippen LogP) is 2.95. The molecule has 1 aromatic rings. The van der Waals surface area contributed by atoms with Crippen LogP contribution in [0.3, 0.4) is 0 Å². The third-order valence-corrected chi connectivity index (χ3v) is 5.55. The van der Waals surface area contributed by atoms with E-state index < -0.39 is 0 Å². The Morgan fingerprint density at radius 1 is 1.48 bits per heavy atom. The molecule has 0 bridgehead atoms. The minimum atomic E-state index is -0.0611. The molecule has 0 aromatic carbocycles. The van der Waals surface area contributed by atoms with Crippen LogP contribution in [0.4, 0.5) is 0 Å². The van der Waals surface area contributed by atoms with Gasteiger partial charge in [0.1, 0.15) is 5.76 Å². The number of carbonyl (C=O) groups excluding carboxylic acids is 1. The van der Waals surface area contributed by atoms with E-state index in [1.807, 2.05) is 24.9 Å². The van der Waals surface area contributed by atoms with Crippen LogP contribution in [0.1, 0.15) is 44.9 Å². The van der Waals surface area contributed by atoms with E-state index in [4.69, 9.17) is 10.2 Å². The Hall–Kier alpha value is -1.29. The summed E-state index contributed by atoms with van der Waals surface area (Å²) in [4.78, 5) is 14.7. The van der Waals surface area contributed by atoms with Gasteiger partial charge in [-0.15, -0.1) is 0 Å². The van der Waals surface area contributed by atoms with Crippen LogP contribution in [0.5, 0.6) is 0 Å². The summed E-state index contributed by atoms with van der Waals surface area (Å²) in [5.41, 5.74) is 7.20. The summed E-state index contributed by atoms with van der Waals surface area (Å²) in [5.74, 6) is 1.50. The van der Waals surface area contributed by atoms with Crippen LogP contribution in [0.25, 0.3) is 0 Å². The monoisotopic (exact) mass is 292 g/mol. The molecule has 0 aliphatic heterocycles. The summed E-state index contributed by atoms with van der Waals surface area (Å²) in [6.07, 6.45) is 3.49. The minimum absolute atomic E-state index is 0.0458. The molecule has 4 heteroatoms. The van der Waals surface area contributed by atoms with Gasteiger partial charge >= 0.3 is 0 Å². The maximum atomic E-state index is 12.9. The summed E-state index contributed by atoms with van der Waals surface area (Å²) < 4.78 is 5.31. The molecule has 4 nitrogen and oxygen atoms in total. The van der Waals surface area contributed by atoms with Crippen LogP contribution in [0, 0.1) is 24.2 Å². The fourth-order valence-corrected chi connectivity index (χ4v) is 3.47. The Bertz CT molecular complexity index is 507. The highest BCUT2D eigenvalue weighted by Crippen LogP contribution is 2.45. The zero-order valence-corrected chi connectivity index (χ0v) is 13.8. The molecule has 2 N–H and O–H groups in total. The van der Waals surface area contributed by atoms with Gasteiger partial charge in [0, 0.05) is 31.1 Å². The molecule has 0 spiro atoms. The highest BCUT2D eigenvalue weighted by molar-refractivity contribution is 5.79. The Morgan fingerprint density at radius 2 is 2.14 bits per heavy atom. The Morgan fingerprint density at radius 3 is 2.71 bits per heavy atom. The van der Waals surface area contributed by atoms with E-state index in [0.717, 1.165) is 24.2 Å². The SMILES string of the molecule is Cc1occc1CN(C)C(=O)C1CCC(N)C(C)C1(C)C. The van der Waals surface area contributed by atoms with Gasteiger partial charge in [0.05, 0.1) is 6.26 Å². The predicted molar refractivity (Wildman–Crippen MR) is 83.6 cm³/mol. The zero-order chi connectivity index (χ0) is 15.8. The number of nitrogens with zero attached hydrogens (tertiary/aromatic N) is 1. The lowest BCUT2D eigenvalue weighted by molar-refractivity contribution is -0.142. The number of carbonyl (C=O) groups is 1. The van der Waals surface area contributed by atoms with Crippen LogP contribution in [-0.4, -0.2) is 23.9 Å². The quantitative estimate of drug-likeness (QED) is 0.931. The second-order valence-electron chi connectivity index (χ2n) is 7.10. The van der Waals surface area contributed by atoms with Crippen molar-refractivity contribution >= 4 is 5.91 Å². The standard InChI is InChI=1S/C17H28N2O2/c1-11-15(18)7-6-14(17(11,3)4)16(20)19(5)10-13-8-9-21-12(13)2/h8-9,11,14-15H,6-7,10,18H2,1-5H3. The van der Waals surface area contributed by atoms with Crippen molar-refractivity contribution in [1.29, 1.82) is 0 Å². The number of amides is 1. The lowest BCUT2D eigenvalue weighted by atomic mass is 9.60. The summed E-state index contributed by atoms with van der Waals surface area (Å²) in [6, 6.07) is 2.13. The van der Waals surface area contributed by atoms with Gasteiger partial charge < -0.3 is 15.1 Å². The lowest BCUT2D eigenvalue weighted by Gasteiger charge is -2.47. The van der Waals surface area contributed by atoms with Crippen LogP contribution >= 0.6 is 0 Å². The second kappa shape index (κ2) is 5.84. The van der Waals surface area contributed by atoms with Gasteiger partial charge in [0.15, 0.2) is 0 Å². The van der Waals surface area contributed by atoms with Crippen molar-refractivity contribution in [3.05, 3.63) is 23.7 Å². The lowest BCUT2D eigenvalue weighted by Crippen LogP contribution is -2.51. The number of hydrogen-bond donors (Lipinski definition) is 1. The van der Waals surface area contributed by atoms with Crippen LogP contribution < -0.4 is 5.73 Å². The second-order valence-corrected chi connectivity index (χ2v) is 7.10. The highest BCUT2D eigenvalue weighted by Gasteiger charge is 2.45. The van der Waals surface area contributed by atoms with Crippen molar-refractivity contribution in [2.45, 2.75) is 53.1 Å². The third kappa shape index (κ3) is 3.00. The summed E-state index contributed by atoms with van der Waals surface area (Å²) in [6.45, 7) is 9.06. The van der Waals surface area contributed by atoms with Gasteiger partial charge in [-0.05, 0) is 37.2 Å². The van der Waals surface area contributed by atoms with Gasteiger partial charge in [-0.3, -0.25) is 4.79 Å². The molecule has 1 aliphatic carbocycles. The first kappa shape index (κ1) is 16.1. The van der Waals surface area contributed by atoms with Crippen molar-refractivity contribution in [3.63, 3.8) is 0 Å². The van der Waals surface area contributed by atoms with Gasteiger partial charge in [-0.1, -0.05) is 20.8 Å². The van der Waals surface area contributed by atoms with Crippen molar-refractivity contribution in [3.8, 4) is 0 Å². The van der Waals surface area contributed by atoms with Crippen LogP contribution in [0.2, 0.25) is 0 Å². The average Bonchev–Trinajstić information content (AvgIpc) is 2.81. The molecule has 118 valence electrons. The van der Waals surface area contributed by atoms with Crippen LogP contribution in [0.15, 0.2) is 16.7 Å². The zero-order valence-electron chi connectivity index (χ0n) is 13.8. The van der Waals surface area contributed by atoms with Crippen molar-refractivity contribution in [1.82, 2.24) is 4.90 Å². The molecule has 1 aliphatic rings. The van der Waals surface area contributed by atoms with Gasteiger partial charge in [0.25, 0.3) is 0 Å². The molecular weight excluding hydrogens is 264 g/mol. The number of aryl methyl sites for hydroxylation is 1. The van der Waals surface area contributed by atoms with Crippen molar-refractivity contribution in [2.24, 2.45) is 23.0 Å². The molecule has 0 saturated heterocycles. The molecule has 1 heterocycles. The van der Waals surface area contributed by atoms with Crippen molar-refractivity contribution in [2.75, 3.05) is 7.05 Å². The maximum absolute atomic E-state index is 12.9. The van der Waals surface area contributed by atoms with E-state index in [1.165, 1.54) is 0 Å². The molecule has 21 heavy (non-hydrogen) atoms. The molecule has 1 aromatic heterocycles. The molecule has 1 saturated carbocycles. The molecular formula is C17H28N2O2. The molecule has 3 unspecified atom stereocenters. The highest BCUT2D eigenvalue weighted by atomic mass is 16.3. The van der Waals surface area contributed by atoms with Gasteiger partial charge in [0.2, 0.25) is 5.91 Å². The fraction of sp³-hybridized carbons (Fsp3) is 0.706. The summed E-state index contributed by atoms with van der Waals surface area (Å²) in [5, 5.41) is 0. The van der Waals surface area contributed by atoms with Crippen molar-refractivity contribution < 1.29 is 9.21 Å². The first-order valence-electron chi connectivity index (χ1n) is 7.78. The molecule has 1 fully saturated rings. The smallest absolute Gasteiger partial charge is 0.226 e. The third-order valence-electron chi connectivity index (χ3n) is 5.55. The largest absolute Gasteiger partial charge is 0.469 e. The summed E-state index contributed by atoms with van der Waals surface area (Å²) >= 11 is 0.